The molecule has 4 nitrogen and oxygen atoms in total. The summed E-state index contributed by atoms with van der Waals surface area (Å²) in [5.41, 5.74) is 0. The SMILES string of the molecule is CNC1CCN(C(=O)CC2CCCCO2)C1. The summed E-state index contributed by atoms with van der Waals surface area (Å²) in [6.07, 6.45) is 5.24. The monoisotopic (exact) mass is 226 g/mol. The van der Waals surface area contributed by atoms with Gasteiger partial charge in [-0.15, -0.1) is 0 Å². The van der Waals surface area contributed by atoms with Crippen LogP contribution in [0, 0.1) is 0 Å². The molecule has 2 aliphatic rings. The molecule has 2 atom stereocenters. The van der Waals surface area contributed by atoms with Gasteiger partial charge in [-0.25, -0.2) is 0 Å². The van der Waals surface area contributed by atoms with E-state index in [1.807, 2.05) is 11.9 Å². The molecule has 0 spiro atoms. The number of likely N-dealkylation sites (N-methyl/N-ethyl adjacent to an activating group) is 1. The van der Waals surface area contributed by atoms with Gasteiger partial charge in [0.05, 0.1) is 12.5 Å². The van der Waals surface area contributed by atoms with E-state index in [2.05, 4.69) is 5.32 Å². The zero-order chi connectivity index (χ0) is 11.4. The molecule has 92 valence electrons. The van der Waals surface area contributed by atoms with Gasteiger partial charge in [0, 0.05) is 25.7 Å². The Morgan fingerprint density at radius 2 is 2.31 bits per heavy atom. The van der Waals surface area contributed by atoms with E-state index < -0.39 is 0 Å². The number of likely N-dealkylation sites (tertiary alicyclic amines) is 1. The summed E-state index contributed by atoms with van der Waals surface area (Å²) in [4.78, 5) is 14.0. The topological polar surface area (TPSA) is 41.6 Å². The Hall–Kier alpha value is -0.610. The fraction of sp³-hybridized carbons (Fsp3) is 0.917. The van der Waals surface area contributed by atoms with Gasteiger partial charge < -0.3 is 15.0 Å². The summed E-state index contributed by atoms with van der Waals surface area (Å²) in [5, 5.41) is 3.23. The summed E-state index contributed by atoms with van der Waals surface area (Å²) in [5.74, 6) is 0.268. The Morgan fingerprint density at radius 1 is 1.44 bits per heavy atom. The maximum atomic E-state index is 12.0. The molecule has 0 aromatic rings. The standard InChI is InChI=1S/C12H22N2O2/c1-13-10-5-6-14(9-10)12(15)8-11-4-2-3-7-16-11/h10-11,13H,2-9H2,1H3. The van der Waals surface area contributed by atoms with Gasteiger partial charge in [-0.1, -0.05) is 0 Å². The third-order valence-corrected chi connectivity index (χ3v) is 3.63. The number of ether oxygens (including phenoxy) is 1. The zero-order valence-corrected chi connectivity index (χ0v) is 10.1. The lowest BCUT2D eigenvalue weighted by Gasteiger charge is -2.24. The highest BCUT2D eigenvalue weighted by Crippen LogP contribution is 2.18. The zero-order valence-electron chi connectivity index (χ0n) is 10.1. The average molecular weight is 226 g/mol. The molecule has 0 radical (unpaired) electrons. The van der Waals surface area contributed by atoms with E-state index in [-0.39, 0.29) is 12.0 Å². The van der Waals surface area contributed by atoms with E-state index in [0.29, 0.717) is 12.5 Å². The Balaban J connectivity index is 1.75. The van der Waals surface area contributed by atoms with Gasteiger partial charge in [0.2, 0.25) is 5.91 Å². The maximum absolute atomic E-state index is 12.0. The number of carbonyl (C=O) groups excluding carboxylic acids is 1. The van der Waals surface area contributed by atoms with Crippen molar-refractivity contribution in [3.05, 3.63) is 0 Å². The first-order chi connectivity index (χ1) is 7.79. The molecule has 1 amide bonds. The van der Waals surface area contributed by atoms with Crippen LogP contribution in [0.3, 0.4) is 0 Å². The number of hydrogen-bond acceptors (Lipinski definition) is 3. The lowest BCUT2D eigenvalue weighted by molar-refractivity contribution is -0.134. The van der Waals surface area contributed by atoms with Crippen LogP contribution in [-0.4, -0.2) is 49.7 Å². The molecule has 2 saturated heterocycles. The van der Waals surface area contributed by atoms with Crippen LogP contribution in [0.4, 0.5) is 0 Å². The maximum Gasteiger partial charge on any atom is 0.225 e. The van der Waals surface area contributed by atoms with Gasteiger partial charge in [0.1, 0.15) is 0 Å². The second-order valence-corrected chi connectivity index (χ2v) is 4.81. The fourth-order valence-corrected chi connectivity index (χ4v) is 2.51. The first-order valence-corrected chi connectivity index (χ1v) is 6.36. The van der Waals surface area contributed by atoms with Crippen molar-refractivity contribution in [2.24, 2.45) is 0 Å². The molecule has 2 unspecified atom stereocenters. The summed E-state index contributed by atoms with van der Waals surface area (Å²) in [6.45, 7) is 2.59. The Labute approximate surface area is 97.3 Å². The molecule has 16 heavy (non-hydrogen) atoms. The Bertz CT molecular complexity index is 239. The number of amides is 1. The van der Waals surface area contributed by atoms with Crippen LogP contribution in [0.2, 0.25) is 0 Å². The van der Waals surface area contributed by atoms with Crippen LogP contribution in [0.25, 0.3) is 0 Å². The summed E-state index contributed by atoms with van der Waals surface area (Å²) >= 11 is 0. The summed E-state index contributed by atoms with van der Waals surface area (Å²) in [7, 11) is 1.96. The van der Waals surface area contributed by atoms with Crippen molar-refractivity contribution in [3.63, 3.8) is 0 Å². The minimum atomic E-state index is 0.176. The highest BCUT2D eigenvalue weighted by Gasteiger charge is 2.27. The van der Waals surface area contributed by atoms with Crippen LogP contribution in [-0.2, 0) is 9.53 Å². The summed E-state index contributed by atoms with van der Waals surface area (Å²) < 4.78 is 5.60. The predicted octanol–water partition coefficient (Wildman–Crippen LogP) is 0.766. The number of nitrogens with zero attached hydrogens (tertiary/aromatic N) is 1. The van der Waals surface area contributed by atoms with Crippen molar-refractivity contribution in [2.75, 3.05) is 26.7 Å². The van der Waals surface area contributed by atoms with Crippen LogP contribution in [0.1, 0.15) is 32.1 Å². The Morgan fingerprint density at radius 3 is 2.94 bits per heavy atom. The van der Waals surface area contributed by atoms with Crippen molar-refractivity contribution >= 4 is 5.91 Å². The highest BCUT2D eigenvalue weighted by molar-refractivity contribution is 5.77. The van der Waals surface area contributed by atoms with Gasteiger partial charge in [-0.3, -0.25) is 4.79 Å². The molecule has 0 saturated carbocycles. The van der Waals surface area contributed by atoms with Crippen molar-refractivity contribution in [3.8, 4) is 0 Å². The minimum Gasteiger partial charge on any atom is -0.378 e. The minimum absolute atomic E-state index is 0.176. The number of hydrogen-bond donors (Lipinski definition) is 1. The molecule has 2 heterocycles. The second kappa shape index (κ2) is 5.64. The third kappa shape index (κ3) is 2.95. The molecule has 2 aliphatic heterocycles. The van der Waals surface area contributed by atoms with Gasteiger partial charge in [-0.05, 0) is 32.7 Å². The highest BCUT2D eigenvalue weighted by atomic mass is 16.5. The quantitative estimate of drug-likeness (QED) is 0.772. The van der Waals surface area contributed by atoms with Gasteiger partial charge >= 0.3 is 0 Å². The van der Waals surface area contributed by atoms with Crippen molar-refractivity contribution in [1.82, 2.24) is 10.2 Å². The third-order valence-electron chi connectivity index (χ3n) is 3.63. The van der Waals surface area contributed by atoms with Gasteiger partial charge in [0.25, 0.3) is 0 Å². The van der Waals surface area contributed by atoms with Crippen molar-refractivity contribution in [1.29, 1.82) is 0 Å². The van der Waals surface area contributed by atoms with E-state index >= 15 is 0 Å². The van der Waals surface area contributed by atoms with Gasteiger partial charge in [-0.2, -0.15) is 0 Å². The lowest BCUT2D eigenvalue weighted by atomic mass is 10.1. The lowest BCUT2D eigenvalue weighted by Crippen LogP contribution is -2.36. The fourth-order valence-electron chi connectivity index (χ4n) is 2.51. The number of nitrogens with one attached hydrogen (secondary N) is 1. The Kier molecular flexibility index (Phi) is 4.18. The summed E-state index contributed by atoms with van der Waals surface area (Å²) in [6, 6.07) is 0.483. The molecule has 2 fully saturated rings. The number of rotatable bonds is 3. The first kappa shape index (κ1) is 11.9. The molecule has 2 rings (SSSR count). The molecule has 0 aromatic carbocycles. The molecular weight excluding hydrogens is 204 g/mol. The van der Waals surface area contributed by atoms with Crippen LogP contribution in [0.15, 0.2) is 0 Å². The first-order valence-electron chi connectivity index (χ1n) is 6.36. The molecule has 0 bridgehead atoms. The molecule has 0 aromatic heterocycles. The van der Waals surface area contributed by atoms with Crippen LogP contribution < -0.4 is 5.32 Å². The molecule has 1 N–H and O–H groups in total. The molecule has 4 heteroatoms. The van der Waals surface area contributed by atoms with Crippen molar-refractivity contribution < 1.29 is 9.53 Å². The van der Waals surface area contributed by atoms with Gasteiger partial charge in [0.15, 0.2) is 0 Å². The van der Waals surface area contributed by atoms with E-state index in [4.69, 9.17) is 4.74 Å². The normalized spacial score (nSPS) is 30.7. The van der Waals surface area contributed by atoms with Crippen LogP contribution >= 0.6 is 0 Å². The predicted molar refractivity (Wildman–Crippen MR) is 62.3 cm³/mol. The van der Waals surface area contributed by atoms with Crippen LogP contribution in [0.5, 0.6) is 0 Å². The van der Waals surface area contributed by atoms with E-state index in [0.717, 1.165) is 39.0 Å². The average Bonchev–Trinajstić information content (AvgIpc) is 2.79. The molecule has 0 aliphatic carbocycles. The van der Waals surface area contributed by atoms with E-state index in [9.17, 15) is 4.79 Å². The molecular formula is C12H22N2O2. The second-order valence-electron chi connectivity index (χ2n) is 4.81. The largest absolute Gasteiger partial charge is 0.378 e. The van der Waals surface area contributed by atoms with Crippen molar-refractivity contribution in [2.45, 2.75) is 44.2 Å². The smallest absolute Gasteiger partial charge is 0.225 e. The number of carbonyl (C=O) groups is 1. The van der Waals surface area contributed by atoms with E-state index in [1.54, 1.807) is 0 Å². The van der Waals surface area contributed by atoms with E-state index in [1.165, 1.54) is 6.42 Å².